The number of aryl methyl sites for hydroxylation is 1. The molecule has 0 saturated carbocycles. The minimum atomic E-state index is 0.576. The summed E-state index contributed by atoms with van der Waals surface area (Å²) >= 11 is 11.6. The number of hydrogen-bond acceptors (Lipinski definition) is 0. The third-order valence-electron chi connectivity index (χ3n) is 1.53. The molecule has 0 N–H and O–H groups in total. The first-order valence-corrected chi connectivity index (χ1v) is 3.99. The average Bonchev–Trinajstić information content (AvgIpc) is 1.97. The second-order valence-electron chi connectivity index (χ2n) is 2.33. The van der Waals surface area contributed by atoms with Crippen LogP contribution in [0.2, 0.25) is 10.0 Å². The maximum absolute atomic E-state index is 5.78. The van der Waals surface area contributed by atoms with Gasteiger partial charge in [0.1, 0.15) is 0 Å². The van der Waals surface area contributed by atoms with Crippen LogP contribution in [0.4, 0.5) is 0 Å². The summed E-state index contributed by atoms with van der Waals surface area (Å²) in [5, 5.41) is 1.17. The standard InChI is InChI=1S/C9H8Cl2/c1-3-7-5-9(11)8(10)4-6(7)2/h3-5H,1H2,2H3. The zero-order valence-corrected chi connectivity index (χ0v) is 7.71. The van der Waals surface area contributed by atoms with Crippen LogP contribution in [-0.2, 0) is 0 Å². The maximum atomic E-state index is 5.78. The SMILES string of the molecule is C=Cc1cc(Cl)c(Cl)cc1C. The summed E-state index contributed by atoms with van der Waals surface area (Å²) in [6, 6.07) is 3.65. The van der Waals surface area contributed by atoms with E-state index in [1.807, 2.05) is 19.1 Å². The molecule has 0 radical (unpaired) electrons. The van der Waals surface area contributed by atoms with E-state index in [4.69, 9.17) is 23.2 Å². The fourth-order valence-electron chi connectivity index (χ4n) is 0.882. The van der Waals surface area contributed by atoms with E-state index < -0.39 is 0 Å². The van der Waals surface area contributed by atoms with Crippen molar-refractivity contribution in [2.75, 3.05) is 0 Å². The molecule has 0 aliphatic carbocycles. The number of halogens is 2. The molecule has 0 spiro atoms. The molecule has 2 heteroatoms. The molecular formula is C9H8Cl2. The van der Waals surface area contributed by atoms with Gasteiger partial charge in [-0.15, -0.1) is 0 Å². The highest BCUT2D eigenvalue weighted by atomic mass is 35.5. The molecule has 0 saturated heterocycles. The van der Waals surface area contributed by atoms with Crippen LogP contribution in [0, 0.1) is 6.92 Å². The average molecular weight is 187 g/mol. The largest absolute Gasteiger partial charge is 0.0985 e. The van der Waals surface area contributed by atoms with Gasteiger partial charge in [-0.25, -0.2) is 0 Å². The lowest BCUT2D eigenvalue weighted by Gasteiger charge is -2.01. The van der Waals surface area contributed by atoms with E-state index in [0.29, 0.717) is 10.0 Å². The summed E-state index contributed by atoms with van der Waals surface area (Å²) in [5.74, 6) is 0. The van der Waals surface area contributed by atoms with Crippen LogP contribution < -0.4 is 0 Å². The lowest BCUT2D eigenvalue weighted by molar-refractivity contribution is 1.44. The summed E-state index contributed by atoms with van der Waals surface area (Å²) in [7, 11) is 0. The van der Waals surface area contributed by atoms with E-state index >= 15 is 0 Å². The van der Waals surface area contributed by atoms with Crippen LogP contribution in [0.25, 0.3) is 6.08 Å². The first-order chi connectivity index (χ1) is 5.15. The Bertz CT molecular complexity index is 290. The van der Waals surface area contributed by atoms with Crippen LogP contribution in [0.15, 0.2) is 18.7 Å². The number of hydrogen-bond donors (Lipinski definition) is 0. The van der Waals surface area contributed by atoms with Crippen LogP contribution >= 0.6 is 23.2 Å². The zero-order chi connectivity index (χ0) is 8.43. The van der Waals surface area contributed by atoms with E-state index in [9.17, 15) is 0 Å². The Balaban J connectivity index is 3.31. The molecule has 0 atom stereocenters. The minimum absolute atomic E-state index is 0.576. The van der Waals surface area contributed by atoms with Gasteiger partial charge in [-0.1, -0.05) is 35.9 Å². The third-order valence-corrected chi connectivity index (χ3v) is 2.25. The zero-order valence-electron chi connectivity index (χ0n) is 6.20. The van der Waals surface area contributed by atoms with Crippen molar-refractivity contribution in [2.45, 2.75) is 6.92 Å². The van der Waals surface area contributed by atoms with Gasteiger partial charge in [0.15, 0.2) is 0 Å². The highest BCUT2D eigenvalue weighted by Gasteiger charge is 2.00. The fraction of sp³-hybridized carbons (Fsp3) is 0.111. The molecular weight excluding hydrogens is 179 g/mol. The van der Waals surface area contributed by atoms with Gasteiger partial charge in [0.05, 0.1) is 10.0 Å². The molecule has 0 heterocycles. The molecule has 0 aliphatic heterocycles. The first-order valence-electron chi connectivity index (χ1n) is 3.23. The summed E-state index contributed by atoms with van der Waals surface area (Å²) in [6.07, 6.45) is 1.76. The molecule has 0 aliphatic rings. The molecule has 1 aromatic carbocycles. The van der Waals surface area contributed by atoms with Crippen molar-refractivity contribution in [3.63, 3.8) is 0 Å². The van der Waals surface area contributed by atoms with Gasteiger partial charge in [-0.05, 0) is 30.2 Å². The Hall–Kier alpha value is -0.460. The Morgan fingerprint density at radius 1 is 1.27 bits per heavy atom. The molecule has 1 rings (SSSR count). The summed E-state index contributed by atoms with van der Waals surface area (Å²) in [5.41, 5.74) is 2.12. The normalized spacial score (nSPS) is 9.73. The van der Waals surface area contributed by atoms with Crippen molar-refractivity contribution >= 4 is 29.3 Å². The predicted octanol–water partition coefficient (Wildman–Crippen LogP) is 3.94. The molecule has 0 amide bonds. The van der Waals surface area contributed by atoms with E-state index in [-0.39, 0.29) is 0 Å². The lowest BCUT2D eigenvalue weighted by atomic mass is 10.1. The Labute approximate surface area is 76.4 Å². The van der Waals surface area contributed by atoms with Crippen molar-refractivity contribution in [1.29, 1.82) is 0 Å². The van der Waals surface area contributed by atoms with Gasteiger partial charge in [0.2, 0.25) is 0 Å². The topological polar surface area (TPSA) is 0 Å². The molecule has 0 unspecified atom stereocenters. The Kier molecular flexibility index (Phi) is 2.58. The van der Waals surface area contributed by atoms with Crippen molar-refractivity contribution in [1.82, 2.24) is 0 Å². The maximum Gasteiger partial charge on any atom is 0.0598 e. The van der Waals surface area contributed by atoms with Crippen LogP contribution in [0.1, 0.15) is 11.1 Å². The molecule has 11 heavy (non-hydrogen) atoms. The van der Waals surface area contributed by atoms with Crippen LogP contribution in [0.5, 0.6) is 0 Å². The van der Waals surface area contributed by atoms with Crippen LogP contribution in [-0.4, -0.2) is 0 Å². The Morgan fingerprint density at radius 2 is 1.82 bits per heavy atom. The summed E-state index contributed by atoms with van der Waals surface area (Å²) in [4.78, 5) is 0. The molecule has 0 bridgehead atoms. The molecule has 58 valence electrons. The number of rotatable bonds is 1. The smallest absolute Gasteiger partial charge is 0.0598 e. The minimum Gasteiger partial charge on any atom is -0.0985 e. The quantitative estimate of drug-likeness (QED) is 0.624. The molecule has 1 aromatic rings. The van der Waals surface area contributed by atoms with Gasteiger partial charge in [0, 0.05) is 0 Å². The van der Waals surface area contributed by atoms with Crippen molar-refractivity contribution in [3.05, 3.63) is 39.9 Å². The predicted molar refractivity (Wildman–Crippen MR) is 51.3 cm³/mol. The van der Waals surface area contributed by atoms with Gasteiger partial charge < -0.3 is 0 Å². The van der Waals surface area contributed by atoms with Crippen LogP contribution in [0.3, 0.4) is 0 Å². The monoisotopic (exact) mass is 186 g/mol. The lowest BCUT2D eigenvalue weighted by Crippen LogP contribution is -1.80. The van der Waals surface area contributed by atoms with Crippen molar-refractivity contribution < 1.29 is 0 Å². The van der Waals surface area contributed by atoms with Crippen molar-refractivity contribution in [2.24, 2.45) is 0 Å². The van der Waals surface area contributed by atoms with Gasteiger partial charge in [-0.2, -0.15) is 0 Å². The second kappa shape index (κ2) is 3.29. The third kappa shape index (κ3) is 1.76. The van der Waals surface area contributed by atoms with E-state index in [2.05, 4.69) is 6.58 Å². The van der Waals surface area contributed by atoms with Gasteiger partial charge in [-0.3, -0.25) is 0 Å². The Morgan fingerprint density at radius 3 is 2.36 bits per heavy atom. The van der Waals surface area contributed by atoms with Gasteiger partial charge in [0.25, 0.3) is 0 Å². The van der Waals surface area contributed by atoms with E-state index in [1.54, 1.807) is 6.08 Å². The number of benzene rings is 1. The molecule has 0 fully saturated rings. The van der Waals surface area contributed by atoms with E-state index in [0.717, 1.165) is 11.1 Å². The molecule has 0 nitrogen and oxygen atoms in total. The summed E-state index contributed by atoms with van der Waals surface area (Å²) in [6.45, 7) is 5.63. The van der Waals surface area contributed by atoms with Gasteiger partial charge >= 0.3 is 0 Å². The summed E-state index contributed by atoms with van der Waals surface area (Å²) < 4.78 is 0. The first kappa shape index (κ1) is 8.63. The van der Waals surface area contributed by atoms with Crippen molar-refractivity contribution in [3.8, 4) is 0 Å². The highest BCUT2D eigenvalue weighted by molar-refractivity contribution is 6.42. The highest BCUT2D eigenvalue weighted by Crippen LogP contribution is 2.25. The fourth-order valence-corrected chi connectivity index (χ4v) is 1.27. The molecule has 0 aromatic heterocycles. The van der Waals surface area contributed by atoms with E-state index in [1.165, 1.54) is 0 Å². The second-order valence-corrected chi connectivity index (χ2v) is 3.14.